The lowest BCUT2D eigenvalue weighted by atomic mass is 9.94. The largest absolute Gasteiger partial charge is 0.377 e. The lowest BCUT2D eigenvalue weighted by Gasteiger charge is -2.25. The van der Waals surface area contributed by atoms with Crippen molar-refractivity contribution in [3.05, 3.63) is 34.9 Å². The summed E-state index contributed by atoms with van der Waals surface area (Å²) >= 11 is 0. The lowest BCUT2D eigenvalue weighted by molar-refractivity contribution is 0.0373. The van der Waals surface area contributed by atoms with E-state index in [-0.39, 0.29) is 12.1 Å². The minimum Gasteiger partial charge on any atom is -0.377 e. The van der Waals surface area contributed by atoms with E-state index < -0.39 is 0 Å². The van der Waals surface area contributed by atoms with Crippen LogP contribution in [-0.4, -0.2) is 12.7 Å². The van der Waals surface area contributed by atoms with E-state index in [1.54, 1.807) is 0 Å². The first-order valence-electron chi connectivity index (χ1n) is 6.54. The van der Waals surface area contributed by atoms with Crippen molar-refractivity contribution < 1.29 is 4.74 Å². The lowest BCUT2D eigenvalue weighted by Crippen LogP contribution is -2.29. The summed E-state index contributed by atoms with van der Waals surface area (Å²) in [6.07, 6.45) is 2.25. The standard InChI is InChI=1S/C15H25NO/c1-5-7-14(17-6-2)15(16)13-9-8-11(3)10-12(13)4/h8-10,14-15H,5-7,16H2,1-4H3. The average molecular weight is 235 g/mol. The Kier molecular flexibility index (Phi) is 5.66. The zero-order valence-electron chi connectivity index (χ0n) is 11.5. The van der Waals surface area contributed by atoms with Crippen LogP contribution in [0.2, 0.25) is 0 Å². The molecule has 0 heterocycles. The van der Waals surface area contributed by atoms with E-state index in [9.17, 15) is 0 Å². The molecule has 2 nitrogen and oxygen atoms in total. The van der Waals surface area contributed by atoms with E-state index in [0.29, 0.717) is 0 Å². The van der Waals surface area contributed by atoms with Crippen LogP contribution in [0.25, 0.3) is 0 Å². The van der Waals surface area contributed by atoms with Gasteiger partial charge in [-0.05, 0) is 38.3 Å². The fourth-order valence-corrected chi connectivity index (χ4v) is 2.27. The van der Waals surface area contributed by atoms with Gasteiger partial charge in [-0.2, -0.15) is 0 Å². The second kappa shape index (κ2) is 6.77. The Balaban J connectivity index is 2.88. The third-order valence-electron chi connectivity index (χ3n) is 3.14. The summed E-state index contributed by atoms with van der Waals surface area (Å²) in [5.41, 5.74) is 10.1. The Morgan fingerprint density at radius 1 is 1.24 bits per heavy atom. The molecule has 1 aromatic carbocycles. The summed E-state index contributed by atoms with van der Waals surface area (Å²) in [5.74, 6) is 0. The van der Waals surface area contributed by atoms with Crippen molar-refractivity contribution in [3.8, 4) is 0 Å². The van der Waals surface area contributed by atoms with E-state index in [2.05, 4.69) is 39.0 Å². The number of nitrogens with two attached hydrogens (primary N) is 1. The molecule has 0 spiro atoms. The molecule has 2 N–H and O–H groups in total. The maximum Gasteiger partial charge on any atom is 0.0767 e. The number of benzene rings is 1. The molecule has 0 saturated carbocycles. The molecule has 0 radical (unpaired) electrons. The van der Waals surface area contributed by atoms with Gasteiger partial charge in [0.25, 0.3) is 0 Å². The number of hydrogen-bond acceptors (Lipinski definition) is 2. The zero-order chi connectivity index (χ0) is 12.8. The maximum absolute atomic E-state index is 6.34. The molecule has 1 rings (SSSR count). The SMILES string of the molecule is CCCC(OCC)C(N)c1ccc(C)cc1C. The Bertz CT molecular complexity index is 343. The highest BCUT2D eigenvalue weighted by molar-refractivity contribution is 5.33. The van der Waals surface area contributed by atoms with E-state index in [1.165, 1.54) is 16.7 Å². The molecule has 17 heavy (non-hydrogen) atoms. The van der Waals surface area contributed by atoms with Crippen molar-refractivity contribution in [2.75, 3.05) is 6.61 Å². The smallest absolute Gasteiger partial charge is 0.0767 e. The normalized spacial score (nSPS) is 14.6. The van der Waals surface area contributed by atoms with Crippen LogP contribution in [-0.2, 0) is 4.74 Å². The minimum atomic E-state index is -0.0181. The van der Waals surface area contributed by atoms with E-state index >= 15 is 0 Å². The zero-order valence-corrected chi connectivity index (χ0v) is 11.5. The van der Waals surface area contributed by atoms with Crippen molar-refractivity contribution in [3.63, 3.8) is 0 Å². The molecule has 2 atom stereocenters. The first kappa shape index (κ1) is 14.2. The van der Waals surface area contributed by atoms with Gasteiger partial charge in [-0.1, -0.05) is 37.1 Å². The Morgan fingerprint density at radius 2 is 1.94 bits per heavy atom. The fourth-order valence-electron chi connectivity index (χ4n) is 2.27. The van der Waals surface area contributed by atoms with Crippen LogP contribution in [0.5, 0.6) is 0 Å². The molecule has 0 aliphatic carbocycles. The minimum absolute atomic E-state index is 0.0181. The summed E-state index contributed by atoms with van der Waals surface area (Å²) in [5, 5.41) is 0. The number of ether oxygens (including phenoxy) is 1. The summed E-state index contributed by atoms with van der Waals surface area (Å²) in [6.45, 7) is 9.15. The molecule has 0 aromatic heterocycles. The Hall–Kier alpha value is -0.860. The van der Waals surface area contributed by atoms with Crippen LogP contribution in [0, 0.1) is 13.8 Å². The van der Waals surface area contributed by atoms with Crippen molar-refractivity contribution in [2.45, 2.75) is 52.7 Å². The topological polar surface area (TPSA) is 35.2 Å². The highest BCUT2D eigenvalue weighted by Crippen LogP contribution is 2.24. The fraction of sp³-hybridized carbons (Fsp3) is 0.600. The number of hydrogen-bond donors (Lipinski definition) is 1. The Morgan fingerprint density at radius 3 is 2.47 bits per heavy atom. The van der Waals surface area contributed by atoms with E-state index in [1.807, 2.05) is 6.92 Å². The summed E-state index contributed by atoms with van der Waals surface area (Å²) in [4.78, 5) is 0. The summed E-state index contributed by atoms with van der Waals surface area (Å²) in [7, 11) is 0. The summed E-state index contributed by atoms with van der Waals surface area (Å²) in [6, 6.07) is 6.42. The highest BCUT2D eigenvalue weighted by atomic mass is 16.5. The van der Waals surface area contributed by atoms with Gasteiger partial charge in [0.1, 0.15) is 0 Å². The summed E-state index contributed by atoms with van der Waals surface area (Å²) < 4.78 is 5.76. The molecule has 0 bridgehead atoms. The van der Waals surface area contributed by atoms with Gasteiger partial charge in [0.15, 0.2) is 0 Å². The predicted octanol–water partition coefficient (Wildman–Crippen LogP) is 3.51. The van der Waals surface area contributed by atoms with Gasteiger partial charge in [0.2, 0.25) is 0 Å². The monoisotopic (exact) mass is 235 g/mol. The van der Waals surface area contributed by atoms with Gasteiger partial charge in [0, 0.05) is 6.61 Å². The van der Waals surface area contributed by atoms with Gasteiger partial charge in [-0.15, -0.1) is 0 Å². The molecular formula is C15H25NO. The second-order valence-corrected chi connectivity index (χ2v) is 4.67. The molecule has 0 amide bonds. The van der Waals surface area contributed by atoms with Gasteiger partial charge >= 0.3 is 0 Å². The average Bonchev–Trinajstić information content (AvgIpc) is 2.28. The predicted molar refractivity (Wildman–Crippen MR) is 73.2 cm³/mol. The van der Waals surface area contributed by atoms with Crippen LogP contribution < -0.4 is 5.73 Å². The molecule has 0 fully saturated rings. The van der Waals surface area contributed by atoms with Gasteiger partial charge in [0.05, 0.1) is 12.1 Å². The molecule has 2 heteroatoms. The molecule has 1 aromatic rings. The van der Waals surface area contributed by atoms with Crippen LogP contribution in [0.1, 0.15) is 49.4 Å². The number of rotatable bonds is 6. The third-order valence-corrected chi connectivity index (χ3v) is 3.14. The molecule has 0 aliphatic heterocycles. The van der Waals surface area contributed by atoms with Crippen LogP contribution >= 0.6 is 0 Å². The van der Waals surface area contributed by atoms with Gasteiger partial charge in [-0.3, -0.25) is 0 Å². The first-order chi connectivity index (χ1) is 8.10. The molecule has 2 unspecified atom stereocenters. The van der Waals surface area contributed by atoms with Crippen molar-refractivity contribution >= 4 is 0 Å². The highest BCUT2D eigenvalue weighted by Gasteiger charge is 2.20. The molecule has 96 valence electrons. The Labute approximate surface area is 105 Å². The van der Waals surface area contributed by atoms with Crippen LogP contribution in [0.15, 0.2) is 18.2 Å². The van der Waals surface area contributed by atoms with E-state index in [0.717, 1.165) is 19.4 Å². The maximum atomic E-state index is 6.34. The van der Waals surface area contributed by atoms with Gasteiger partial charge in [-0.25, -0.2) is 0 Å². The number of aryl methyl sites for hydroxylation is 2. The van der Waals surface area contributed by atoms with Crippen molar-refractivity contribution in [1.82, 2.24) is 0 Å². The van der Waals surface area contributed by atoms with E-state index in [4.69, 9.17) is 10.5 Å². The van der Waals surface area contributed by atoms with Crippen molar-refractivity contribution in [2.24, 2.45) is 5.73 Å². The molecule has 0 aliphatic rings. The molecule has 0 saturated heterocycles. The third kappa shape index (κ3) is 3.83. The first-order valence-corrected chi connectivity index (χ1v) is 6.54. The second-order valence-electron chi connectivity index (χ2n) is 4.67. The van der Waals surface area contributed by atoms with Crippen LogP contribution in [0.3, 0.4) is 0 Å². The van der Waals surface area contributed by atoms with Crippen molar-refractivity contribution in [1.29, 1.82) is 0 Å². The quantitative estimate of drug-likeness (QED) is 0.819. The van der Waals surface area contributed by atoms with Crippen LogP contribution in [0.4, 0.5) is 0 Å². The molecular weight excluding hydrogens is 210 g/mol. The van der Waals surface area contributed by atoms with Gasteiger partial charge < -0.3 is 10.5 Å².